The summed E-state index contributed by atoms with van der Waals surface area (Å²) in [6.45, 7) is 10.7. The van der Waals surface area contributed by atoms with Crippen LogP contribution in [0.5, 0.6) is 17.2 Å². The number of carbonyl (C=O) groups is 1. The van der Waals surface area contributed by atoms with Gasteiger partial charge >= 0.3 is 0 Å². The fourth-order valence-corrected chi connectivity index (χ4v) is 4.84. The third-order valence-electron chi connectivity index (χ3n) is 5.47. The number of fused-ring (bicyclic) bond motifs is 1. The number of amides is 1. The van der Waals surface area contributed by atoms with Crippen molar-refractivity contribution in [2.24, 2.45) is 0 Å². The van der Waals surface area contributed by atoms with E-state index >= 15 is 0 Å². The SMILES string of the molecule is CCOc1cc(C(=O)N(CCCN(C)C)c2nc3ccc(CC)cc3s2)cc(OCC)c1OCC. The van der Waals surface area contributed by atoms with Gasteiger partial charge in [-0.3, -0.25) is 9.69 Å². The zero-order chi connectivity index (χ0) is 25.4. The smallest absolute Gasteiger partial charge is 0.260 e. The number of ether oxygens (including phenoxy) is 3. The summed E-state index contributed by atoms with van der Waals surface area (Å²) in [7, 11) is 4.07. The topological polar surface area (TPSA) is 64.1 Å². The Balaban J connectivity index is 2.05. The highest BCUT2D eigenvalue weighted by atomic mass is 32.1. The summed E-state index contributed by atoms with van der Waals surface area (Å²) in [6.07, 6.45) is 1.78. The third-order valence-corrected chi connectivity index (χ3v) is 6.51. The maximum Gasteiger partial charge on any atom is 0.260 e. The Kier molecular flexibility index (Phi) is 9.74. The molecule has 0 aliphatic rings. The number of rotatable bonds is 13. The lowest BCUT2D eigenvalue weighted by Crippen LogP contribution is -2.33. The molecular formula is C27H37N3O4S. The number of carbonyl (C=O) groups excluding carboxylic acids is 1. The van der Waals surface area contributed by atoms with Gasteiger partial charge in [0.15, 0.2) is 16.6 Å². The van der Waals surface area contributed by atoms with Gasteiger partial charge < -0.3 is 19.1 Å². The van der Waals surface area contributed by atoms with Crippen molar-refractivity contribution in [1.29, 1.82) is 0 Å². The molecule has 190 valence electrons. The Bertz CT molecular complexity index is 1100. The summed E-state index contributed by atoms with van der Waals surface area (Å²) >= 11 is 1.55. The first-order valence-corrected chi connectivity index (χ1v) is 13.2. The van der Waals surface area contributed by atoms with Crippen LogP contribution < -0.4 is 19.1 Å². The van der Waals surface area contributed by atoms with Crippen LogP contribution in [0.25, 0.3) is 10.2 Å². The molecule has 0 spiro atoms. The van der Waals surface area contributed by atoms with Crippen molar-refractivity contribution in [2.75, 3.05) is 51.9 Å². The van der Waals surface area contributed by atoms with Gasteiger partial charge in [0.1, 0.15) is 0 Å². The molecule has 0 radical (unpaired) electrons. The molecule has 8 heteroatoms. The molecule has 1 heterocycles. The molecule has 1 amide bonds. The molecule has 0 aliphatic heterocycles. The highest BCUT2D eigenvalue weighted by molar-refractivity contribution is 7.22. The molecule has 0 atom stereocenters. The second-order valence-corrected chi connectivity index (χ2v) is 9.38. The minimum absolute atomic E-state index is 0.136. The van der Waals surface area contributed by atoms with Gasteiger partial charge in [0.2, 0.25) is 5.75 Å². The predicted octanol–water partition coefficient (Wildman–Crippen LogP) is 5.65. The average molecular weight is 500 g/mol. The van der Waals surface area contributed by atoms with Gasteiger partial charge in [0.05, 0.1) is 30.0 Å². The minimum Gasteiger partial charge on any atom is -0.490 e. The third kappa shape index (κ3) is 6.64. The first-order chi connectivity index (χ1) is 16.9. The van der Waals surface area contributed by atoms with Gasteiger partial charge in [-0.05, 0) is 84.1 Å². The summed E-state index contributed by atoms with van der Waals surface area (Å²) in [5.41, 5.74) is 2.65. The van der Waals surface area contributed by atoms with Gasteiger partial charge in [0, 0.05) is 12.1 Å². The molecular weight excluding hydrogens is 462 g/mol. The molecule has 2 aromatic carbocycles. The molecule has 0 bridgehead atoms. The normalized spacial score (nSPS) is 11.2. The molecule has 7 nitrogen and oxygen atoms in total. The first kappa shape index (κ1) is 26.8. The van der Waals surface area contributed by atoms with E-state index in [4.69, 9.17) is 19.2 Å². The standard InChI is InChI=1S/C27H37N3O4S/c1-7-19-12-13-21-24(16-19)35-27(28-21)30(15-11-14-29(5)6)26(31)20-17-22(32-8-2)25(34-10-4)23(18-20)33-9-3/h12-13,16-18H,7-11,14-15H2,1-6H3. The van der Waals surface area contributed by atoms with Crippen LogP contribution in [0.15, 0.2) is 30.3 Å². The minimum atomic E-state index is -0.136. The van der Waals surface area contributed by atoms with Gasteiger partial charge in [-0.1, -0.05) is 24.3 Å². The summed E-state index contributed by atoms with van der Waals surface area (Å²) in [5.74, 6) is 1.41. The summed E-state index contributed by atoms with van der Waals surface area (Å²) in [6, 6.07) is 9.80. The van der Waals surface area contributed by atoms with Crippen LogP contribution in [0.1, 0.15) is 50.0 Å². The number of hydrogen-bond acceptors (Lipinski definition) is 7. The van der Waals surface area contributed by atoms with Crippen LogP contribution in [-0.2, 0) is 6.42 Å². The second kappa shape index (κ2) is 12.7. The number of aryl methyl sites for hydroxylation is 1. The van der Waals surface area contributed by atoms with E-state index in [1.165, 1.54) is 5.56 Å². The second-order valence-electron chi connectivity index (χ2n) is 8.37. The predicted molar refractivity (Wildman–Crippen MR) is 144 cm³/mol. The monoisotopic (exact) mass is 499 g/mol. The molecule has 0 unspecified atom stereocenters. The van der Waals surface area contributed by atoms with E-state index in [1.54, 1.807) is 28.4 Å². The summed E-state index contributed by atoms with van der Waals surface area (Å²) in [5, 5.41) is 0.696. The van der Waals surface area contributed by atoms with Crippen LogP contribution in [0.3, 0.4) is 0 Å². The van der Waals surface area contributed by atoms with Gasteiger partial charge in [-0.15, -0.1) is 0 Å². The lowest BCUT2D eigenvalue weighted by atomic mass is 10.1. The van der Waals surface area contributed by atoms with Crippen molar-refractivity contribution in [1.82, 2.24) is 9.88 Å². The Morgan fingerprint density at radius 2 is 1.57 bits per heavy atom. The molecule has 0 N–H and O–H groups in total. The van der Waals surface area contributed by atoms with Crippen LogP contribution in [-0.4, -0.2) is 62.8 Å². The Morgan fingerprint density at radius 3 is 2.14 bits per heavy atom. The summed E-state index contributed by atoms with van der Waals surface area (Å²) < 4.78 is 18.6. The zero-order valence-electron chi connectivity index (χ0n) is 21.7. The molecule has 3 rings (SSSR count). The molecule has 0 aliphatic carbocycles. The van der Waals surface area contributed by atoms with Gasteiger partial charge in [-0.2, -0.15) is 0 Å². The molecule has 0 saturated heterocycles. The van der Waals surface area contributed by atoms with E-state index in [1.807, 2.05) is 40.9 Å². The van der Waals surface area contributed by atoms with E-state index in [0.29, 0.717) is 54.3 Å². The fraction of sp³-hybridized carbons (Fsp3) is 0.481. The molecule has 3 aromatic rings. The van der Waals surface area contributed by atoms with Crippen molar-refractivity contribution in [3.63, 3.8) is 0 Å². The van der Waals surface area contributed by atoms with E-state index in [9.17, 15) is 4.79 Å². The largest absolute Gasteiger partial charge is 0.490 e. The molecule has 1 aromatic heterocycles. The first-order valence-electron chi connectivity index (χ1n) is 12.3. The van der Waals surface area contributed by atoms with E-state index in [2.05, 4.69) is 24.0 Å². The number of anilines is 1. The molecule has 0 fully saturated rings. The number of benzene rings is 2. The number of nitrogens with zero attached hydrogens (tertiary/aromatic N) is 3. The van der Waals surface area contributed by atoms with Crippen LogP contribution in [0, 0.1) is 0 Å². The highest BCUT2D eigenvalue weighted by Gasteiger charge is 2.25. The fourth-order valence-electron chi connectivity index (χ4n) is 3.79. The maximum atomic E-state index is 13.9. The van der Waals surface area contributed by atoms with Crippen molar-refractivity contribution >= 4 is 32.6 Å². The van der Waals surface area contributed by atoms with Crippen molar-refractivity contribution < 1.29 is 19.0 Å². The molecule has 35 heavy (non-hydrogen) atoms. The zero-order valence-corrected chi connectivity index (χ0v) is 22.5. The number of thiazole rings is 1. The van der Waals surface area contributed by atoms with Crippen molar-refractivity contribution in [3.05, 3.63) is 41.5 Å². The Labute approximate surface area is 212 Å². The van der Waals surface area contributed by atoms with Gasteiger partial charge in [-0.25, -0.2) is 4.98 Å². The number of hydrogen-bond donors (Lipinski definition) is 0. The lowest BCUT2D eigenvalue weighted by Gasteiger charge is -2.22. The van der Waals surface area contributed by atoms with Crippen molar-refractivity contribution in [3.8, 4) is 17.2 Å². The van der Waals surface area contributed by atoms with Gasteiger partial charge in [0.25, 0.3) is 5.91 Å². The van der Waals surface area contributed by atoms with Crippen LogP contribution in [0.4, 0.5) is 5.13 Å². The maximum absolute atomic E-state index is 13.9. The quantitative estimate of drug-likeness (QED) is 0.303. The van der Waals surface area contributed by atoms with Crippen molar-refractivity contribution in [2.45, 2.75) is 40.5 Å². The Hall–Kier alpha value is -2.84. The molecule has 0 saturated carbocycles. The van der Waals surface area contributed by atoms with E-state index in [0.717, 1.165) is 29.6 Å². The lowest BCUT2D eigenvalue weighted by molar-refractivity contribution is 0.0985. The highest BCUT2D eigenvalue weighted by Crippen LogP contribution is 2.40. The van der Waals surface area contributed by atoms with Crippen LogP contribution >= 0.6 is 11.3 Å². The number of aromatic nitrogens is 1. The average Bonchev–Trinajstić information content (AvgIpc) is 3.26. The Morgan fingerprint density at radius 1 is 0.914 bits per heavy atom. The van der Waals surface area contributed by atoms with E-state index < -0.39 is 0 Å². The summed E-state index contributed by atoms with van der Waals surface area (Å²) in [4.78, 5) is 22.6. The van der Waals surface area contributed by atoms with E-state index in [-0.39, 0.29) is 5.91 Å². The van der Waals surface area contributed by atoms with Crippen LogP contribution in [0.2, 0.25) is 0 Å².